The lowest BCUT2D eigenvalue weighted by atomic mass is 9.84. The minimum atomic E-state index is -0.106. The molecule has 4 atom stereocenters. The minimum absolute atomic E-state index is 0.0328. The van der Waals surface area contributed by atoms with Crippen LogP contribution in [-0.4, -0.2) is 30.9 Å². The van der Waals surface area contributed by atoms with Crippen LogP contribution >= 0.6 is 0 Å². The van der Waals surface area contributed by atoms with Crippen molar-refractivity contribution >= 4 is 17.5 Å². The molecular weight excluding hydrogens is 302 g/mol. The quantitative estimate of drug-likeness (QED) is 0.882. The first-order valence-corrected chi connectivity index (χ1v) is 9.06. The van der Waals surface area contributed by atoms with E-state index in [0.29, 0.717) is 11.8 Å². The molecule has 4 unspecified atom stereocenters. The molecule has 1 heterocycles. The van der Waals surface area contributed by atoms with Gasteiger partial charge in [-0.2, -0.15) is 0 Å². The van der Waals surface area contributed by atoms with Gasteiger partial charge in [-0.3, -0.25) is 9.59 Å². The Morgan fingerprint density at radius 1 is 1.21 bits per heavy atom. The van der Waals surface area contributed by atoms with Crippen molar-refractivity contribution < 1.29 is 9.59 Å². The average molecular weight is 327 g/mol. The number of nitrogens with one attached hydrogen (secondary N) is 1. The molecular formula is C19H25N3O2. The third kappa shape index (κ3) is 2.61. The number of carbonyl (C=O) groups is 2. The van der Waals surface area contributed by atoms with Crippen molar-refractivity contribution in [2.75, 3.05) is 18.0 Å². The number of benzene rings is 1. The summed E-state index contributed by atoms with van der Waals surface area (Å²) in [6, 6.07) is 7.99. The van der Waals surface area contributed by atoms with E-state index < -0.39 is 0 Å². The summed E-state index contributed by atoms with van der Waals surface area (Å²) in [5.41, 5.74) is 8.41. The molecule has 1 aromatic rings. The Morgan fingerprint density at radius 2 is 2.00 bits per heavy atom. The lowest BCUT2D eigenvalue weighted by Crippen LogP contribution is -2.48. The molecule has 0 saturated heterocycles. The summed E-state index contributed by atoms with van der Waals surface area (Å²) in [6.45, 7) is 0.785. The van der Waals surface area contributed by atoms with E-state index in [-0.39, 0.29) is 30.3 Å². The molecule has 3 N–H and O–H groups in total. The molecule has 0 aromatic heterocycles. The molecule has 2 amide bonds. The van der Waals surface area contributed by atoms with Gasteiger partial charge in [-0.25, -0.2) is 0 Å². The molecule has 5 nitrogen and oxygen atoms in total. The fraction of sp³-hybridized carbons (Fsp3) is 0.579. The number of hydrogen-bond acceptors (Lipinski definition) is 3. The Bertz CT molecular complexity index is 658. The van der Waals surface area contributed by atoms with E-state index in [0.717, 1.165) is 44.3 Å². The topological polar surface area (TPSA) is 75.4 Å². The molecule has 3 aliphatic rings. The molecule has 2 bridgehead atoms. The highest BCUT2D eigenvalue weighted by Gasteiger charge is 2.49. The fourth-order valence-electron chi connectivity index (χ4n) is 4.89. The number of nitrogens with two attached hydrogens (primary N) is 1. The summed E-state index contributed by atoms with van der Waals surface area (Å²) < 4.78 is 0. The molecule has 1 aromatic carbocycles. The van der Waals surface area contributed by atoms with Crippen LogP contribution in [-0.2, 0) is 16.0 Å². The highest BCUT2D eigenvalue weighted by Crippen LogP contribution is 2.47. The third-order valence-electron chi connectivity index (χ3n) is 6.11. The molecule has 0 radical (unpaired) electrons. The number of fused-ring (bicyclic) bond motifs is 3. The summed E-state index contributed by atoms with van der Waals surface area (Å²) in [6.07, 6.45) is 5.30. The molecule has 2 saturated carbocycles. The van der Waals surface area contributed by atoms with E-state index in [4.69, 9.17) is 5.73 Å². The van der Waals surface area contributed by atoms with Gasteiger partial charge in [0.25, 0.3) is 0 Å². The van der Waals surface area contributed by atoms with E-state index in [1.165, 1.54) is 5.56 Å². The number of anilines is 1. The van der Waals surface area contributed by atoms with Gasteiger partial charge < -0.3 is 16.0 Å². The van der Waals surface area contributed by atoms with Crippen LogP contribution in [0.15, 0.2) is 24.3 Å². The molecule has 0 spiro atoms. The number of hydrogen-bond donors (Lipinski definition) is 2. The normalized spacial score (nSPS) is 31.0. The van der Waals surface area contributed by atoms with Gasteiger partial charge in [0.15, 0.2) is 0 Å². The number of amides is 2. The lowest BCUT2D eigenvalue weighted by molar-refractivity contribution is -0.129. The van der Waals surface area contributed by atoms with E-state index in [9.17, 15) is 9.59 Å². The van der Waals surface area contributed by atoms with E-state index in [1.807, 2.05) is 18.2 Å². The highest BCUT2D eigenvalue weighted by molar-refractivity contribution is 5.98. The van der Waals surface area contributed by atoms with E-state index in [2.05, 4.69) is 11.4 Å². The molecule has 5 heteroatoms. The van der Waals surface area contributed by atoms with Gasteiger partial charge in [0.2, 0.25) is 11.8 Å². The van der Waals surface area contributed by atoms with Crippen LogP contribution in [0.4, 0.5) is 5.69 Å². The first kappa shape index (κ1) is 15.6. The second kappa shape index (κ2) is 6.20. The van der Waals surface area contributed by atoms with Crippen molar-refractivity contribution in [3.8, 4) is 0 Å². The number of para-hydroxylation sites is 1. The smallest absolute Gasteiger partial charge is 0.246 e. The predicted octanol–water partition coefficient (Wildman–Crippen LogP) is 1.46. The molecule has 2 fully saturated rings. The van der Waals surface area contributed by atoms with Crippen molar-refractivity contribution in [1.82, 2.24) is 5.32 Å². The zero-order valence-electron chi connectivity index (χ0n) is 13.9. The third-order valence-corrected chi connectivity index (χ3v) is 6.11. The second-order valence-electron chi connectivity index (χ2n) is 7.43. The Labute approximate surface area is 142 Å². The maximum absolute atomic E-state index is 12.6. The molecule has 4 rings (SSSR count). The van der Waals surface area contributed by atoms with Gasteiger partial charge in [0.05, 0.1) is 12.5 Å². The zero-order valence-corrected chi connectivity index (χ0v) is 13.9. The molecule has 1 aliphatic heterocycles. The Hall–Kier alpha value is -1.88. The Balaban J connectivity index is 1.38. The van der Waals surface area contributed by atoms with Gasteiger partial charge in [-0.05, 0) is 55.6 Å². The van der Waals surface area contributed by atoms with Crippen LogP contribution in [0.3, 0.4) is 0 Å². The van der Waals surface area contributed by atoms with Crippen molar-refractivity contribution in [3.05, 3.63) is 29.8 Å². The number of carbonyl (C=O) groups excluding carboxylic acids is 2. The maximum Gasteiger partial charge on any atom is 0.246 e. The minimum Gasteiger partial charge on any atom is -0.347 e. The van der Waals surface area contributed by atoms with Crippen LogP contribution in [0.2, 0.25) is 0 Å². The van der Waals surface area contributed by atoms with Crippen LogP contribution in [0.5, 0.6) is 0 Å². The fourth-order valence-corrected chi connectivity index (χ4v) is 4.89. The summed E-state index contributed by atoms with van der Waals surface area (Å²) in [7, 11) is 0. The average Bonchev–Trinajstić information content (AvgIpc) is 3.20. The number of rotatable bonds is 3. The highest BCUT2D eigenvalue weighted by atomic mass is 16.2. The van der Waals surface area contributed by atoms with E-state index in [1.54, 1.807) is 4.90 Å². The largest absolute Gasteiger partial charge is 0.347 e. The monoisotopic (exact) mass is 327 g/mol. The van der Waals surface area contributed by atoms with Crippen LogP contribution in [0.25, 0.3) is 0 Å². The molecule has 24 heavy (non-hydrogen) atoms. The summed E-state index contributed by atoms with van der Waals surface area (Å²) in [4.78, 5) is 26.9. The van der Waals surface area contributed by atoms with Crippen molar-refractivity contribution in [2.45, 2.75) is 38.1 Å². The van der Waals surface area contributed by atoms with Crippen LogP contribution in [0, 0.1) is 17.8 Å². The summed E-state index contributed by atoms with van der Waals surface area (Å²) >= 11 is 0. The molecule has 128 valence electrons. The number of aryl methyl sites for hydroxylation is 1. The maximum atomic E-state index is 12.6. The van der Waals surface area contributed by atoms with Crippen molar-refractivity contribution in [2.24, 2.45) is 23.5 Å². The summed E-state index contributed by atoms with van der Waals surface area (Å²) in [5.74, 6) is 0.733. The predicted molar refractivity (Wildman–Crippen MR) is 92.4 cm³/mol. The van der Waals surface area contributed by atoms with Crippen LogP contribution < -0.4 is 16.0 Å². The first-order valence-electron chi connectivity index (χ1n) is 9.06. The van der Waals surface area contributed by atoms with Crippen molar-refractivity contribution in [3.63, 3.8) is 0 Å². The Kier molecular flexibility index (Phi) is 4.04. The number of nitrogens with zero attached hydrogens (tertiary/aromatic N) is 1. The SMILES string of the molecule is NC1C2CCC(C2)C1C(=O)NCC(=O)N1CCCc2ccccc21. The van der Waals surface area contributed by atoms with Gasteiger partial charge in [-0.15, -0.1) is 0 Å². The van der Waals surface area contributed by atoms with E-state index >= 15 is 0 Å². The lowest BCUT2D eigenvalue weighted by Gasteiger charge is -2.30. The standard InChI is InChI=1S/C19H25N3O2/c20-18-14-8-7-13(10-14)17(18)19(24)21-11-16(23)22-9-3-5-12-4-1-2-6-15(12)22/h1-2,4,6,13-14,17-18H,3,5,7-11,20H2,(H,21,24). The van der Waals surface area contributed by atoms with Gasteiger partial charge in [0.1, 0.15) is 0 Å². The zero-order chi connectivity index (χ0) is 16.7. The van der Waals surface area contributed by atoms with Gasteiger partial charge in [-0.1, -0.05) is 18.2 Å². The van der Waals surface area contributed by atoms with Gasteiger partial charge in [0, 0.05) is 18.3 Å². The van der Waals surface area contributed by atoms with Gasteiger partial charge >= 0.3 is 0 Å². The van der Waals surface area contributed by atoms with Crippen LogP contribution in [0.1, 0.15) is 31.2 Å². The second-order valence-corrected chi connectivity index (χ2v) is 7.43. The summed E-state index contributed by atoms with van der Waals surface area (Å²) in [5, 5.41) is 2.86. The Morgan fingerprint density at radius 3 is 2.79 bits per heavy atom. The molecule has 2 aliphatic carbocycles. The first-order chi connectivity index (χ1) is 11.6. The van der Waals surface area contributed by atoms with Crippen molar-refractivity contribution in [1.29, 1.82) is 0 Å².